The Balaban J connectivity index is 1.49. The first-order valence-electron chi connectivity index (χ1n) is 8.02. The molecule has 0 bridgehead atoms. The summed E-state index contributed by atoms with van der Waals surface area (Å²) < 4.78 is 5.18. The van der Waals surface area contributed by atoms with Crippen LogP contribution in [0.4, 0.5) is 0 Å². The van der Waals surface area contributed by atoms with E-state index in [9.17, 15) is 0 Å². The topological polar surface area (TPSA) is 89.9 Å². The molecule has 3 aromatic heterocycles. The highest BCUT2D eigenvalue weighted by atomic mass is 16.5. The predicted octanol–water partition coefficient (Wildman–Crippen LogP) is 2.00. The van der Waals surface area contributed by atoms with Gasteiger partial charge in [0.15, 0.2) is 5.76 Å². The number of hydrogen-bond donors (Lipinski definition) is 2. The van der Waals surface area contributed by atoms with Crippen LogP contribution in [0.2, 0.25) is 0 Å². The Kier molecular flexibility index (Phi) is 5.65. The van der Waals surface area contributed by atoms with Gasteiger partial charge in [-0.1, -0.05) is 11.2 Å². The van der Waals surface area contributed by atoms with Crippen molar-refractivity contribution in [3.63, 3.8) is 0 Å². The van der Waals surface area contributed by atoms with Crippen molar-refractivity contribution in [1.29, 1.82) is 0 Å². The second-order valence-corrected chi connectivity index (χ2v) is 5.57. The Morgan fingerprint density at radius 3 is 2.62 bits per heavy atom. The third kappa shape index (κ3) is 4.71. The number of aromatic nitrogens is 3. The molecule has 0 saturated carbocycles. The Bertz CT molecular complexity index is 757. The largest absolute Gasteiger partial charge is 0.360 e. The molecule has 6 heteroatoms. The fourth-order valence-electron chi connectivity index (χ4n) is 2.45. The summed E-state index contributed by atoms with van der Waals surface area (Å²) in [6.07, 6.45) is 5.56. The van der Waals surface area contributed by atoms with Crippen molar-refractivity contribution in [3.05, 3.63) is 77.2 Å². The minimum atomic E-state index is 0.392. The highest BCUT2D eigenvalue weighted by molar-refractivity contribution is 5.18. The molecule has 0 fully saturated rings. The third-order valence-electron chi connectivity index (χ3n) is 3.70. The number of nitrogens with zero attached hydrogens (tertiary/aromatic N) is 3. The van der Waals surface area contributed by atoms with Gasteiger partial charge < -0.3 is 15.6 Å². The molecular formula is C18H21N5O. The van der Waals surface area contributed by atoms with Gasteiger partial charge in [0.05, 0.1) is 17.9 Å². The smallest absolute Gasteiger partial charge is 0.150 e. The van der Waals surface area contributed by atoms with E-state index in [4.69, 9.17) is 10.3 Å². The van der Waals surface area contributed by atoms with Gasteiger partial charge in [0.1, 0.15) is 0 Å². The van der Waals surface area contributed by atoms with Gasteiger partial charge in [-0.25, -0.2) is 0 Å². The highest BCUT2D eigenvalue weighted by Crippen LogP contribution is 2.07. The molecule has 3 N–H and O–H groups in total. The zero-order chi connectivity index (χ0) is 16.6. The van der Waals surface area contributed by atoms with Gasteiger partial charge in [0, 0.05) is 37.2 Å². The van der Waals surface area contributed by atoms with Crippen molar-refractivity contribution >= 4 is 0 Å². The summed E-state index contributed by atoms with van der Waals surface area (Å²) in [4.78, 5) is 8.76. The van der Waals surface area contributed by atoms with Crippen LogP contribution in [0.25, 0.3) is 0 Å². The first-order chi connectivity index (χ1) is 11.8. The van der Waals surface area contributed by atoms with E-state index in [0.717, 1.165) is 35.7 Å². The molecule has 0 radical (unpaired) electrons. The van der Waals surface area contributed by atoms with Crippen LogP contribution in [-0.2, 0) is 32.5 Å². The molecule has 0 amide bonds. The number of rotatable bonds is 8. The Morgan fingerprint density at radius 2 is 1.83 bits per heavy atom. The number of hydrogen-bond acceptors (Lipinski definition) is 6. The SMILES string of the molecule is NCc1cc(CNCc2cc(CCc3ccccn3)ccn2)on1. The van der Waals surface area contributed by atoms with Gasteiger partial charge in [0.2, 0.25) is 0 Å². The molecule has 24 heavy (non-hydrogen) atoms. The zero-order valence-corrected chi connectivity index (χ0v) is 13.5. The predicted molar refractivity (Wildman–Crippen MR) is 90.8 cm³/mol. The minimum absolute atomic E-state index is 0.392. The second-order valence-electron chi connectivity index (χ2n) is 5.57. The van der Waals surface area contributed by atoms with Gasteiger partial charge in [-0.05, 0) is 42.7 Å². The maximum Gasteiger partial charge on any atom is 0.150 e. The van der Waals surface area contributed by atoms with Gasteiger partial charge in [-0.15, -0.1) is 0 Å². The van der Waals surface area contributed by atoms with Crippen LogP contribution in [0, 0.1) is 0 Å². The summed E-state index contributed by atoms with van der Waals surface area (Å²) in [6.45, 7) is 1.67. The van der Waals surface area contributed by atoms with Crippen LogP contribution in [0.1, 0.15) is 28.4 Å². The number of pyridine rings is 2. The molecule has 6 nitrogen and oxygen atoms in total. The lowest BCUT2D eigenvalue weighted by Crippen LogP contribution is -2.13. The second kappa shape index (κ2) is 8.33. The van der Waals surface area contributed by atoms with E-state index in [2.05, 4.69) is 38.6 Å². The van der Waals surface area contributed by atoms with E-state index in [0.29, 0.717) is 19.6 Å². The van der Waals surface area contributed by atoms with Gasteiger partial charge in [0.25, 0.3) is 0 Å². The summed E-state index contributed by atoms with van der Waals surface area (Å²) in [5.74, 6) is 0.779. The summed E-state index contributed by atoms with van der Waals surface area (Å²) in [5, 5.41) is 7.17. The maximum atomic E-state index is 5.51. The summed E-state index contributed by atoms with van der Waals surface area (Å²) in [6, 6.07) is 12.0. The van der Waals surface area contributed by atoms with E-state index in [1.54, 1.807) is 0 Å². The lowest BCUT2D eigenvalue weighted by atomic mass is 10.1. The normalized spacial score (nSPS) is 10.9. The van der Waals surface area contributed by atoms with Gasteiger partial charge in [-0.2, -0.15) is 0 Å². The van der Waals surface area contributed by atoms with Gasteiger partial charge in [-0.3, -0.25) is 9.97 Å². The molecule has 0 spiro atoms. The summed E-state index contributed by atoms with van der Waals surface area (Å²) >= 11 is 0. The average molecular weight is 323 g/mol. The molecule has 0 unspecified atom stereocenters. The van der Waals surface area contributed by atoms with Crippen LogP contribution < -0.4 is 11.1 Å². The van der Waals surface area contributed by atoms with Crippen LogP contribution >= 0.6 is 0 Å². The van der Waals surface area contributed by atoms with Crippen LogP contribution in [0.15, 0.2) is 53.3 Å². The molecule has 0 aliphatic carbocycles. The molecular weight excluding hydrogens is 302 g/mol. The van der Waals surface area contributed by atoms with E-state index in [1.165, 1.54) is 5.56 Å². The minimum Gasteiger partial charge on any atom is -0.360 e. The van der Waals surface area contributed by atoms with E-state index >= 15 is 0 Å². The number of nitrogens with two attached hydrogens (primary N) is 1. The molecule has 3 rings (SSSR count). The Morgan fingerprint density at radius 1 is 0.917 bits per heavy atom. The van der Waals surface area contributed by atoms with Crippen molar-refractivity contribution in [2.24, 2.45) is 5.73 Å². The first-order valence-corrected chi connectivity index (χ1v) is 8.02. The van der Waals surface area contributed by atoms with Crippen molar-refractivity contribution in [1.82, 2.24) is 20.4 Å². The molecule has 0 aromatic carbocycles. The van der Waals surface area contributed by atoms with E-state index in [-0.39, 0.29) is 0 Å². The van der Waals surface area contributed by atoms with Crippen molar-refractivity contribution in [2.45, 2.75) is 32.5 Å². The van der Waals surface area contributed by atoms with E-state index < -0.39 is 0 Å². The maximum absolute atomic E-state index is 5.51. The molecule has 0 aliphatic rings. The molecule has 3 aromatic rings. The monoisotopic (exact) mass is 323 g/mol. The van der Waals surface area contributed by atoms with Crippen LogP contribution in [0.3, 0.4) is 0 Å². The molecule has 3 heterocycles. The summed E-state index contributed by atoms with van der Waals surface area (Å²) in [7, 11) is 0. The first kappa shape index (κ1) is 16.3. The number of nitrogens with one attached hydrogen (secondary N) is 1. The zero-order valence-electron chi connectivity index (χ0n) is 13.5. The molecule has 124 valence electrons. The fourth-order valence-corrected chi connectivity index (χ4v) is 2.45. The quantitative estimate of drug-likeness (QED) is 0.659. The highest BCUT2D eigenvalue weighted by Gasteiger charge is 2.03. The lowest BCUT2D eigenvalue weighted by molar-refractivity contribution is 0.367. The molecule has 0 saturated heterocycles. The summed E-state index contributed by atoms with van der Waals surface area (Å²) in [5.41, 5.74) is 9.65. The molecule has 0 atom stereocenters. The lowest BCUT2D eigenvalue weighted by Gasteiger charge is -2.05. The van der Waals surface area contributed by atoms with Crippen LogP contribution in [0.5, 0.6) is 0 Å². The Hall–Kier alpha value is -2.57. The van der Waals surface area contributed by atoms with Crippen LogP contribution in [-0.4, -0.2) is 15.1 Å². The number of aryl methyl sites for hydroxylation is 2. The van der Waals surface area contributed by atoms with Crippen molar-refractivity contribution in [2.75, 3.05) is 0 Å². The van der Waals surface area contributed by atoms with Gasteiger partial charge >= 0.3 is 0 Å². The van der Waals surface area contributed by atoms with E-state index in [1.807, 2.05) is 30.6 Å². The third-order valence-corrected chi connectivity index (χ3v) is 3.70. The standard InChI is InChI=1S/C18H21N5O/c19-11-16-10-18(24-23-16)13-20-12-17-9-14(6-8-22-17)4-5-15-3-1-2-7-21-15/h1-3,6-10,20H,4-5,11-13,19H2. The Labute approximate surface area is 141 Å². The average Bonchev–Trinajstić information content (AvgIpc) is 3.09. The van der Waals surface area contributed by atoms with Crippen molar-refractivity contribution < 1.29 is 4.52 Å². The molecule has 0 aliphatic heterocycles. The fraction of sp³-hybridized carbons (Fsp3) is 0.278. The van der Waals surface area contributed by atoms with Crippen molar-refractivity contribution in [3.8, 4) is 0 Å².